The maximum Gasteiger partial charge on any atom is 0.410 e. The van der Waals surface area contributed by atoms with Crippen molar-refractivity contribution in [1.29, 1.82) is 0 Å². The third-order valence-corrected chi connectivity index (χ3v) is 2.94. The molecule has 0 saturated carbocycles. The van der Waals surface area contributed by atoms with Crippen LogP contribution in [0.5, 0.6) is 0 Å². The summed E-state index contributed by atoms with van der Waals surface area (Å²) in [6.45, 7) is 6.76. The van der Waals surface area contributed by atoms with E-state index in [1.807, 2.05) is 20.8 Å². The van der Waals surface area contributed by atoms with Gasteiger partial charge in [0.2, 0.25) is 0 Å². The molecule has 0 aromatic heterocycles. The molecule has 1 saturated heterocycles. The third-order valence-electron chi connectivity index (χ3n) is 2.94. The molecule has 1 amide bonds. The molecule has 1 unspecified atom stereocenters. The van der Waals surface area contributed by atoms with Gasteiger partial charge in [-0.3, -0.25) is 0 Å². The molecule has 1 aliphatic heterocycles. The van der Waals surface area contributed by atoms with Crippen LogP contribution in [-0.4, -0.2) is 36.3 Å². The number of ether oxygens (including phenoxy) is 2. The largest absolute Gasteiger partial charge is 0.444 e. The van der Waals surface area contributed by atoms with Gasteiger partial charge in [0.15, 0.2) is 0 Å². The number of hydrogen-bond donors (Lipinski definition) is 0. The van der Waals surface area contributed by atoms with Crippen LogP contribution < -0.4 is 0 Å². The van der Waals surface area contributed by atoms with E-state index in [9.17, 15) is 9.18 Å². The highest BCUT2D eigenvalue weighted by atomic mass is 19.1. The standard InChI is InChI=1S/C15H20FNO3/c1-15(2,3)20-14(18)17-7-8-19-13(10-17)11-5-4-6-12(16)9-11/h4-6,9,13H,7-8,10H2,1-3H3. The molecule has 0 spiro atoms. The molecule has 20 heavy (non-hydrogen) atoms. The molecule has 1 fully saturated rings. The Morgan fingerprint density at radius 3 is 2.85 bits per heavy atom. The van der Waals surface area contributed by atoms with E-state index in [-0.39, 0.29) is 18.0 Å². The fraction of sp³-hybridized carbons (Fsp3) is 0.533. The maximum absolute atomic E-state index is 13.2. The van der Waals surface area contributed by atoms with Crippen molar-refractivity contribution in [2.75, 3.05) is 19.7 Å². The quantitative estimate of drug-likeness (QED) is 0.794. The molecule has 1 heterocycles. The van der Waals surface area contributed by atoms with Gasteiger partial charge in [0.25, 0.3) is 0 Å². The van der Waals surface area contributed by atoms with Gasteiger partial charge >= 0.3 is 6.09 Å². The first-order valence-corrected chi connectivity index (χ1v) is 6.70. The van der Waals surface area contributed by atoms with E-state index in [0.717, 1.165) is 5.56 Å². The second-order valence-corrected chi connectivity index (χ2v) is 5.84. The molecule has 0 radical (unpaired) electrons. The molecule has 0 aliphatic carbocycles. The lowest BCUT2D eigenvalue weighted by Gasteiger charge is -2.34. The van der Waals surface area contributed by atoms with E-state index in [1.54, 1.807) is 17.0 Å². The summed E-state index contributed by atoms with van der Waals surface area (Å²) in [4.78, 5) is 13.6. The van der Waals surface area contributed by atoms with Crippen LogP contribution in [0.25, 0.3) is 0 Å². The predicted molar refractivity (Wildman–Crippen MR) is 72.9 cm³/mol. The summed E-state index contributed by atoms with van der Waals surface area (Å²) in [6.07, 6.45) is -0.672. The highest BCUT2D eigenvalue weighted by molar-refractivity contribution is 5.68. The number of halogens is 1. The van der Waals surface area contributed by atoms with Crippen molar-refractivity contribution < 1.29 is 18.7 Å². The number of morpholine rings is 1. The van der Waals surface area contributed by atoms with Crippen molar-refractivity contribution in [2.45, 2.75) is 32.5 Å². The van der Waals surface area contributed by atoms with Crippen molar-refractivity contribution >= 4 is 6.09 Å². The van der Waals surface area contributed by atoms with Gasteiger partial charge in [-0.2, -0.15) is 0 Å². The molecule has 0 N–H and O–H groups in total. The third kappa shape index (κ3) is 3.93. The van der Waals surface area contributed by atoms with Crippen molar-refractivity contribution in [3.8, 4) is 0 Å². The van der Waals surface area contributed by atoms with Gasteiger partial charge in [0.05, 0.1) is 13.2 Å². The van der Waals surface area contributed by atoms with Crippen LogP contribution >= 0.6 is 0 Å². The molecule has 110 valence electrons. The Balaban J connectivity index is 2.03. The molecule has 5 heteroatoms. The van der Waals surface area contributed by atoms with Gasteiger partial charge in [-0.15, -0.1) is 0 Å². The maximum atomic E-state index is 13.2. The Morgan fingerprint density at radius 2 is 2.20 bits per heavy atom. The summed E-state index contributed by atoms with van der Waals surface area (Å²) in [6, 6.07) is 6.26. The monoisotopic (exact) mass is 281 g/mol. The minimum Gasteiger partial charge on any atom is -0.444 e. The molecule has 1 atom stereocenters. The van der Waals surface area contributed by atoms with Crippen LogP contribution in [-0.2, 0) is 9.47 Å². The average molecular weight is 281 g/mol. The van der Waals surface area contributed by atoms with Crippen LogP contribution in [0.4, 0.5) is 9.18 Å². The Bertz CT molecular complexity index is 484. The summed E-state index contributed by atoms with van der Waals surface area (Å²) >= 11 is 0. The van der Waals surface area contributed by atoms with Crippen molar-refractivity contribution in [2.24, 2.45) is 0 Å². The van der Waals surface area contributed by atoms with Gasteiger partial charge in [0, 0.05) is 6.54 Å². The number of amides is 1. The first-order chi connectivity index (χ1) is 9.35. The molecular weight excluding hydrogens is 261 g/mol. The highest BCUT2D eigenvalue weighted by Gasteiger charge is 2.28. The summed E-state index contributed by atoms with van der Waals surface area (Å²) in [5.41, 5.74) is 0.210. The van der Waals surface area contributed by atoms with Gasteiger partial charge in [-0.25, -0.2) is 9.18 Å². The van der Waals surface area contributed by atoms with Gasteiger partial charge in [0.1, 0.15) is 17.5 Å². The minimum atomic E-state index is -0.524. The normalized spacial score (nSPS) is 19.8. The SMILES string of the molecule is CC(C)(C)OC(=O)N1CCOC(c2cccc(F)c2)C1. The second-order valence-electron chi connectivity index (χ2n) is 5.84. The number of benzene rings is 1. The highest BCUT2D eigenvalue weighted by Crippen LogP contribution is 2.24. The number of rotatable bonds is 1. The van der Waals surface area contributed by atoms with Crippen molar-refractivity contribution in [3.63, 3.8) is 0 Å². The first-order valence-electron chi connectivity index (χ1n) is 6.70. The topological polar surface area (TPSA) is 38.8 Å². The Hall–Kier alpha value is -1.62. The number of carbonyl (C=O) groups is 1. The molecule has 1 aromatic rings. The Kier molecular flexibility index (Phi) is 4.28. The average Bonchev–Trinajstić information content (AvgIpc) is 2.37. The van der Waals surface area contributed by atoms with E-state index < -0.39 is 5.60 Å². The molecule has 4 nitrogen and oxygen atoms in total. The van der Waals surface area contributed by atoms with Crippen molar-refractivity contribution in [1.82, 2.24) is 4.90 Å². The molecule has 0 bridgehead atoms. The summed E-state index contributed by atoms with van der Waals surface area (Å²) in [7, 11) is 0. The lowest BCUT2D eigenvalue weighted by molar-refractivity contribution is -0.0433. The van der Waals surface area contributed by atoms with Crippen LogP contribution in [0.15, 0.2) is 24.3 Å². The van der Waals surface area contributed by atoms with E-state index in [2.05, 4.69) is 0 Å². The van der Waals surface area contributed by atoms with E-state index in [4.69, 9.17) is 9.47 Å². The fourth-order valence-electron chi connectivity index (χ4n) is 2.05. The zero-order valence-corrected chi connectivity index (χ0v) is 12.1. The van der Waals surface area contributed by atoms with E-state index >= 15 is 0 Å². The summed E-state index contributed by atoms with van der Waals surface area (Å²) in [5.74, 6) is -0.305. The molecule has 2 rings (SSSR count). The van der Waals surface area contributed by atoms with Gasteiger partial charge in [-0.05, 0) is 38.5 Å². The summed E-state index contributed by atoms with van der Waals surface area (Å²) in [5, 5.41) is 0. The Morgan fingerprint density at radius 1 is 1.45 bits per heavy atom. The fourth-order valence-corrected chi connectivity index (χ4v) is 2.05. The smallest absolute Gasteiger partial charge is 0.410 e. The second kappa shape index (κ2) is 5.79. The minimum absolute atomic E-state index is 0.305. The molecule has 1 aromatic carbocycles. The molecular formula is C15H20FNO3. The van der Waals surface area contributed by atoms with Gasteiger partial charge in [-0.1, -0.05) is 12.1 Å². The van der Waals surface area contributed by atoms with Crippen LogP contribution in [0.1, 0.15) is 32.4 Å². The van der Waals surface area contributed by atoms with E-state index in [0.29, 0.717) is 19.7 Å². The van der Waals surface area contributed by atoms with E-state index in [1.165, 1.54) is 12.1 Å². The van der Waals surface area contributed by atoms with Gasteiger partial charge < -0.3 is 14.4 Å². The lowest BCUT2D eigenvalue weighted by Crippen LogP contribution is -2.44. The Labute approximate surface area is 118 Å². The number of hydrogen-bond acceptors (Lipinski definition) is 3. The van der Waals surface area contributed by atoms with Crippen molar-refractivity contribution in [3.05, 3.63) is 35.6 Å². The molecule has 1 aliphatic rings. The summed E-state index contributed by atoms with van der Waals surface area (Å²) < 4.78 is 24.2. The lowest BCUT2D eigenvalue weighted by atomic mass is 10.1. The zero-order valence-electron chi connectivity index (χ0n) is 12.1. The number of carbonyl (C=O) groups excluding carboxylic acids is 1. The zero-order chi connectivity index (χ0) is 14.8. The predicted octanol–water partition coefficient (Wildman–Crippen LogP) is 3.13. The van der Waals surface area contributed by atoms with Crippen LogP contribution in [0, 0.1) is 5.82 Å². The van der Waals surface area contributed by atoms with Crippen LogP contribution in [0.2, 0.25) is 0 Å². The first kappa shape index (κ1) is 14.8. The number of nitrogens with zero attached hydrogens (tertiary/aromatic N) is 1. The van der Waals surface area contributed by atoms with Crippen LogP contribution in [0.3, 0.4) is 0 Å².